The van der Waals surface area contributed by atoms with Crippen molar-refractivity contribution in [2.75, 3.05) is 20.7 Å². The molecular weight excluding hydrogens is 640 g/mol. The van der Waals surface area contributed by atoms with Gasteiger partial charge in [0.25, 0.3) is 0 Å². The molecule has 1 aromatic rings. The van der Waals surface area contributed by atoms with Gasteiger partial charge in [-0.1, -0.05) is 57.7 Å². The Morgan fingerprint density at radius 1 is 1.04 bits per heavy atom. The van der Waals surface area contributed by atoms with E-state index in [1.165, 1.54) is 11.0 Å². The lowest BCUT2D eigenvalue weighted by molar-refractivity contribution is -0.190. The summed E-state index contributed by atoms with van der Waals surface area (Å²) in [4.78, 5) is 53.4. The third-order valence-electron chi connectivity index (χ3n) is 8.75. The van der Waals surface area contributed by atoms with Crippen LogP contribution in [0.15, 0.2) is 42.0 Å². The molecule has 278 valence electrons. The minimum Gasteiger partial charge on any atom is -0.460 e. The number of amides is 2. The summed E-state index contributed by atoms with van der Waals surface area (Å²) in [6.45, 7) is 9.24. The molecule has 0 radical (unpaired) electrons. The molecule has 1 aromatic carbocycles. The second-order valence-corrected chi connectivity index (χ2v) is 14.5. The molecule has 0 aromatic heterocycles. The van der Waals surface area contributed by atoms with E-state index in [1.807, 2.05) is 0 Å². The summed E-state index contributed by atoms with van der Waals surface area (Å²) in [6, 6.07) is 6.16. The first-order chi connectivity index (χ1) is 23.7. The number of nitrogens with one attached hydrogen (secondary N) is 1. The summed E-state index contributed by atoms with van der Waals surface area (Å²) in [6.07, 6.45) is 10.1. The Hall–Kier alpha value is -3.54. The standard InChI is InChI=1S/C39H58N2O9/c1-8-10-14-22-39(23-15-11-9-2)48-32-25-28(36(45)40-29(26-42)19-21-34(44)49-38(3,4)5)24-31(35(32)50-39)47-37(46)30-17-13-12-16-27(30)18-20-33(43)41(6)7/h12-13,16-18,20,25,29,31-32,35,42H,8-11,14-15,19,21-24,26H2,1-7H3,(H,40,45). The van der Waals surface area contributed by atoms with Crippen LogP contribution in [0.1, 0.15) is 121 Å². The van der Waals surface area contributed by atoms with Crippen LogP contribution < -0.4 is 5.32 Å². The van der Waals surface area contributed by atoms with Crippen molar-refractivity contribution in [3.05, 3.63) is 53.1 Å². The van der Waals surface area contributed by atoms with Crippen LogP contribution in [0.3, 0.4) is 0 Å². The molecule has 0 spiro atoms. The van der Waals surface area contributed by atoms with Crippen molar-refractivity contribution in [2.45, 2.75) is 141 Å². The number of ether oxygens (including phenoxy) is 4. The molecule has 11 heteroatoms. The number of hydrogen-bond donors (Lipinski definition) is 2. The average Bonchev–Trinajstić information content (AvgIpc) is 3.43. The van der Waals surface area contributed by atoms with Crippen LogP contribution in [0.2, 0.25) is 0 Å². The lowest BCUT2D eigenvalue weighted by Crippen LogP contribution is -2.45. The molecule has 11 nitrogen and oxygen atoms in total. The highest BCUT2D eigenvalue weighted by atomic mass is 16.8. The molecular formula is C39H58N2O9. The summed E-state index contributed by atoms with van der Waals surface area (Å²) in [7, 11) is 3.29. The van der Waals surface area contributed by atoms with Crippen molar-refractivity contribution in [2.24, 2.45) is 0 Å². The quantitative estimate of drug-likeness (QED) is 0.109. The van der Waals surface area contributed by atoms with E-state index in [-0.39, 0.29) is 37.3 Å². The van der Waals surface area contributed by atoms with E-state index in [0.29, 0.717) is 24.0 Å². The van der Waals surface area contributed by atoms with Crippen molar-refractivity contribution in [3.8, 4) is 0 Å². The first-order valence-corrected chi connectivity index (χ1v) is 18.1. The Morgan fingerprint density at radius 3 is 2.30 bits per heavy atom. The van der Waals surface area contributed by atoms with E-state index in [0.717, 1.165) is 38.5 Å². The van der Waals surface area contributed by atoms with Gasteiger partial charge in [0.2, 0.25) is 11.8 Å². The third-order valence-corrected chi connectivity index (χ3v) is 8.75. The highest BCUT2D eigenvalue weighted by molar-refractivity contribution is 5.97. The van der Waals surface area contributed by atoms with Crippen LogP contribution in [-0.4, -0.2) is 90.2 Å². The fourth-order valence-electron chi connectivity index (χ4n) is 6.11. The van der Waals surface area contributed by atoms with E-state index < -0.39 is 53.6 Å². The number of aliphatic hydroxyl groups excluding tert-OH is 1. The van der Waals surface area contributed by atoms with Gasteiger partial charge >= 0.3 is 11.9 Å². The smallest absolute Gasteiger partial charge is 0.339 e. The zero-order valence-electron chi connectivity index (χ0n) is 31.0. The predicted octanol–water partition coefficient (Wildman–Crippen LogP) is 5.88. The van der Waals surface area contributed by atoms with Crippen LogP contribution in [0.4, 0.5) is 0 Å². The molecule has 1 fully saturated rings. The van der Waals surface area contributed by atoms with Gasteiger partial charge in [-0.05, 0) is 63.8 Å². The van der Waals surface area contributed by atoms with E-state index in [9.17, 15) is 24.3 Å². The molecule has 0 bridgehead atoms. The zero-order valence-corrected chi connectivity index (χ0v) is 31.0. The number of fused-ring (bicyclic) bond motifs is 1. The molecule has 4 atom stereocenters. The van der Waals surface area contributed by atoms with E-state index >= 15 is 0 Å². The van der Waals surface area contributed by atoms with Gasteiger partial charge in [-0.15, -0.1) is 0 Å². The number of benzene rings is 1. The number of rotatable bonds is 18. The van der Waals surface area contributed by atoms with Gasteiger partial charge < -0.3 is 34.3 Å². The molecule has 1 aliphatic heterocycles. The molecule has 1 aliphatic carbocycles. The molecule has 1 saturated heterocycles. The summed E-state index contributed by atoms with van der Waals surface area (Å²) < 4.78 is 25.0. The topological polar surface area (TPSA) is 141 Å². The summed E-state index contributed by atoms with van der Waals surface area (Å²) in [5.74, 6) is -2.58. The Balaban J connectivity index is 1.88. The van der Waals surface area contributed by atoms with Crippen molar-refractivity contribution in [3.63, 3.8) is 0 Å². The Morgan fingerprint density at radius 2 is 1.70 bits per heavy atom. The van der Waals surface area contributed by atoms with Crippen LogP contribution in [0.25, 0.3) is 6.08 Å². The number of esters is 2. The lowest BCUT2D eigenvalue weighted by atomic mass is 9.91. The van der Waals surface area contributed by atoms with Crippen LogP contribution in [-0.2, 0) is 33.3 Å². The summed E-state index contributed by atoms with van der Waals surface area (Å²) in [5, 5.41) is 12.9. The largest absolute Gasteiger partial charge is 0.460 e. The normalized spacial score (nSPS) is 20.5. The molecule has 2 aliphatic rings. The predicted molar refractivity (Wildman–Crippen MR) is 191 cm³/mol. The monoisotopic (exact) mass is 698 g/mol. The van der Waals surface area contributed by atoms with Gasteiger partial charge in [-0.2, -0.15) is 0 Å². The van der Waals surface area contributed by atoms with Gasteiger partial charge in [0.05, 0.1) is 18.2 Å². The minimum atomic E-state index is -0.874. The third kappa shape index (κ3) is 12.3. The molecule has 2 amide bonds. The molecule has 1 heterocycles. The van der Waals surface area contributed by atoms with Gasteiger partial charge in [-0.3, -0.25) is 14.4 Å². The van der Waals surface area contributed by atoms with Crippen molar-refractivity contribution >= 4 is 29.8 Å². The van der Waals surface area contributed by atoms with Gasteiger partial charge in [-0.25, -0.2) is 4.79 Å². The van der Waals surface area contributed by atoms with Gasteiger partial charge in [0.15, 0.2) is 5.79 Å². The Kier molecular flexibility index (Phi) is 15.7. The SMILES string of the molecule is CCCCCC1(CCCCC)OC2C=C(C(=O)NC(CO)CCC(=O)OC(C)(C)C)CC(OC(=O)c3ccccc3C=CC(=O)N(C)C)C2O1. The summed E-state index contributed by atoms with van der Waals surface area (Å²) >= 11 is 0. The van der Waals surface area contributed by atoms with Crippen molar-refractivity contribution in [1.29, 1.82) is 0 Å². The second kappa shape index (κ2) is 19.2. The van der Waals surface area contributed by atoms with E-state index in [2.05, 4.69) is 19.2 Å². The van der Waals surface area contributed by atoms with E-state index in [4.69, 9.17) is 18.9 Å². The Bertz CT molecular complexity index is 1350. The maximum absolute atomic E-state index is 13.8. The minimum absolute atomic E-state index is 0.0236. The van der Waals surface area contributed by atoms with E-state index in [1.54, 1.807) is 71.3 Å². The number of unbranched alkanes of at least 4 members (excludes halogenated alkanes) is 4. The fourth-order valence-corrected chi connectivity index (χ4v) is 6.11. The van der Waals surface area contributed by atoms with Crippen LogP contribution in [0, 0.1) is 0 Å². The highest BCUT2D eigenvalue weighted by Gasteiger charge is 2.52. The number of aliphatic hydroxyl groups is 1. The number of hydrogen-bond acceptors (Lipinski definition) is 9. The van der Waals surface area contributed by atoms with Gasteiger partial charge in [0.1, 0.15) is 23.9 Å². The highest BCUT2D eigenvalue weighted by Crippen LogP contribution is 2.43. The van der Waals surface area contributed by atoms with Crippen LogP contribution in [0.5, 0.6) is 0 Å². The fraction of sp³-hybridized carbons (Fsp3) is 0.641. The number of carbonyl (C=O) groups excluding carboxylic acids is 4. The van der Waals surface area contributed by atoms with Crippen LogP contribution >= 0.6 is 0 Å². The first kappa shape index (κ1) is 40.9. The second-order valence-electron chi connectivity index (χ2n) is 14.5. The maximum atomic E-state index is 13.8. The molecule has 2 N–H and O–H groups in total. The Labute approximate surface area is 297 Å². The lowest BCUT2D eigenvalue weighted by Gasteiger charge is -2.31. The number of nitrogens with zero attached hydrogens (tertiary/aromatic N) is 1. The summed E-state index contributed by atoms with van der Waals surface area (Å²) in [5.41, 5.74) is 0.482. The number of likely N-dealkylation sites (N-methyl/N-ethyl adjacent to an activating group) is 1. The first-order valence-electron chi connectivity index (χ1n) is 18.1. The zero-order chi connectivity index (χ0) is 36.9. The van der Waals surface area contributed by atoms with Crippen molar-refractivity contribution < 1.29 is 43.2 Å². The maximum Gasteiger partial charge on any atom is 0.339 e. The molecule has 3 rings (SSSR count). The molecule has 4 unspecified atom stereocenters. The average molecular weight is 699 g/mol. The van der Waals surface area contributed by atoms with Gasteiger partial charge in [0, 0.05) is 51.4 Å². The molecule has 50 heavy (non-hydrogen) atoms. The number of carbonyl (C=O) groups is 4. The molecule has 0 saturated carbocycles. The van der Waals surface area contributed by atoms with Crippen molar-refractivity contribution in [1.82, 2.24) is 10.2 Å².